The smallest absolute Gasteiger partial charge is 0.265 e. The Bertz CT molecular complexity index is 1010. The van der Waals surface area contributed by atoms with Gasteiger partial charge in [0.25, 0.3) is 11.8 Å². The molecule has 0 unspecified atom stereocenters. The quantitative estimate of drug-likeness (QED) is 0.652. The summed E-state index contributed by atoms with van der Waals surface area (Å²) in [6, 6.07) is 13.9. The van der Waals surface area contributed by atoms with Gasteiger partial charge in [-0.1, -0.05) is 45.9 Å². The number of fused-ring (bicyclic) bond motifs is 1. The van der Waals surface area contributed by atoms with Crippen molar-refractivity contribution in [2.75, 3.05) is 24.6 Å². The van der Waals surface area contributed by atoms with Crippen molar-refractivity contribution in [2.24, 2.45) is 5.92 Å². The van der Waals surface area contributed by atoms with Crippen LogP contribution in [0.3, 0.4) is 0 Å². The molecule has 170 valence electrons. The standard InChI is InChI=1S/C27H34N2O3/c1-5-27(3,4)22-9-10-24-23(16-22)29(25(30)18-32-24)17-20-7-6-8-21(15-20)26(31)28-13-11-19(2)12-14-28/h6-10,15-16,19H,5,11-14,17-18H2,1-4H3. The molecule has 0 aromatic heterocycles. The van der Waals surface area contributed by atoms with Crippen molar-refractivity contribution in [3.8, 4) is 5.75 Å². The molecule has 2 aromatic carbocycles. The molecule has 2 aliphatic heterocycles. The highest BCUT2D eigenvalue weighted by Gasteiger charge is 2.29. The van der Waals surface area contributed by atoms with Crippen molar-refractivity contribution < 1.29 is 14.3 Å². The van der Waals surface area contributed by atoms with Crippen LogP contribution < -0.4 is 9.64 Å². The molecule has 2 aliphatic rings. The molecule has 0 bridgehead atoms. The van der Waals surface area contributed by atoms with E-state index in [1.807, 2.05) is 35.2 Å². The summed E-state index contributed by atoms with van der Waals surface area (Å²) in [4.78, 5) is 29.6. The first-order chi connectivity index (χ1) is 15.3. The van der Waals surface area contributed by atoms with E-state index in [4.69, 9.17) is 4.74 Å². The predicted molar refractivity (Wildman–Crippen MR) is 127 cm³/mol. The minimum atomic E-state index is -0.0642. The average Bonchev–Trinajstić information content (AvgIpc) is 2.81. The Labute approximate surface area is 191 Å². The Hall–Kier alpha value is -2.82. The number of rotatable bonds is 5. The third kappa shape index (κ3) is 4.52. The molecule has 0 radical (unpaired) electrons. The first-order valence-electron chi connectivity index (χ1n) is 11.7. The summed E-state index contributed by atoms with van der Waals surface area (Å²) in [5.74, 6) is 1.43. The summed E-state index contributed by atoms with van der Waals surface area (Å²) < 4.78 is 5.70. The van der Waals surface area contributed by atoms with E-state index in [9.17, 15) is 9.59 Å². The first-order valence-corrected chi connectivity index (χ1v) is 11.7. The van der Waals surface area contributed by atoms with Crippen LogP contribution in [-0.4, -0.2) is 36.4 Å². The molecular weight excluding hydrogens is 400 g/mol. The lowest BCUT2D eigenvalue weighted by molar-refractivity contribution is -0.121. The second kappa shape index (κ2) is 8.97. The van der Waals surface area contributed by atoms with E-state index in [2.05, 4.69) is 39.8 Å². The van der Waals surface area contributed by atoms with Gasteiger partial charge in [-0.2, -0.15) is 0 Å². The minimum Gasteiger partial charge on any atom is -0.482 e. The summed E-state index contributed by atoms with van der Waals surface area (Å²) in [7, 11) is 0. The number of carbonyl (C=O) groups is 2. The summed E-state index contributed by atoms with van der Waals surface area (Å²) in [5, 5.41) is 0. The number of carbonyl (C=O) groups excluding carboxylic acids is 2. The number of likely N-dealkylation sites (tertiary alicyclic amines) is 1. The third-order valence-electron chi connectivity index (χ3n) is 7.15. The maximum absolute atomic E-state index is 13.0. The fourth-order valence-electron chi connectivity index (χ4n) is 4.38. The molecular formula is C27H34N2O3. The fourth-order valence-corrected chi connectivity index (χ4v) is 4.38. The van der Waals surface area contributed by atoms with Gasteiger partial charge < -0.3 is 14.5 Å². The van der Waals surface area contributed by atoms with Crippen molar-refractivity contribution in [2.45, 2.75) is 58.9 Å². The molecule has 1 saturated heterocycles. The Kier molecular flexibility index (Phi) is 6.27. The molecule has 5 nitrogen and oxygen atoms in total. The number of ether oxygens (including phenoxy) is 1. The van der Waals surface area contributed by atoms with Gasteiger partial charge in [-0.15, -0.1) is 0 Å². The number of hydrogen-bond acceptors (Lipinski definition) is 3. The minimum absolute atomic E-state index is 0.0134. The highest BCUT2D eigenvalue weighted by Crippen LogP contribution is 2.38. The normalized spacial score (nSPS) is 17.2. The van der Waals surface area contributed by atoms with Crippen LogP contribution in [0.5, 0.6) is 5.75 Å². The maximum atomic E-state index is 13.0. The molecule has 0 aliphatic carbocycles. The Morgan fingerprint density at radius 1 is 1.12 bits per heavy atom. The summed E-state index contributed by atoms with van der Waals surface area (Å²) in [6.07, 6.45) is 3.11. The third-order valence-corrected chi connectivity index (χ3v) is 7.15. The van der Waals surface area contributed by atoms with Crippen LogP contribution in [0.4, 0.5) is 5.69 Å². The summed E-state index contributed by atoms with van der Waals surface area (Å²) in [5.41, 5.74) is 3.65. The van der Waals surface area contributed by atoms with Gasteiger partial charge in [0.15, 0.2) is 6.61 Å². The predicted octanol–water partition coefficient (Wildman–Crippen LogP) is 5.17. The van der Waals surface area contributed by atoms with Gasteiger partial charge in [0.05, 0.1) is 12.2 Å². The molecule has 5 heteroatoms. The van der Waals surface area contributed by atoms with Crippen molar-refractivity contribution in [3.05, 3.63) is 59.2 Å². The van der Waals surface area contributed by atoms with Gasteiger partial charge in [-0.05, 0) is 66.0 Å². The number of amides is 2. The monoisotopic (exact) mass is 434 g/mol. The van der Waals surface area contributed by atoms with Crippen LogP contribution in [0.2, 0.25) is 0 Å². The van der Waals surface area contributed by atoms with Gasteiger partial charge in [0, 0.05) is 18.7 Å². The van der Waals surface area contributed by atoms with Gasteiger partial charge in [0.1, 0.15) is 5.75 Å². The first kappa shape index (κ1) is 22.4. The lowest BCUT2D eigenvalue weighted by Crippen LogP contribution is -2.39. The molecule has 4 rings (SSSR count). The van der Waals surface area contributed by atoms with Crippen molar-refractivity contribution in [3.63, 3.8) is 0 Å². The lowest BCUT2D eigenvalue weighted by Gasteiger charge is -2.32. The Balaban J connectivity index is 1.58. The highest BCUT2D eigenvalue weighted by atomic mass is 16.5. The summed E-state index contributed by atoms with van der Waals surface area (Å²) >= 11 is 0. The number of benzene rings is 2. The van der Waals surface area contributed by atoms with Crippen molar-refractivity contribution in [1.82, 2.24) is 4.90 Å². The van der Waals surface area contributed by atoms with Crippen LogP contribution in [0.25, 0.3) is 0 Å². The number of nitrogens with zero attached hydrogens (tertiary/aromatic N) is 2. The molecule has 0 spiro atoms. The zero-order valence-electron chi connectivity index (χ0n) is 19.7. The van der Waals surface area contributed by atoms with E-state index in [0.29, 0.717) is 18.0 Å². The highest BCUT2D eigenvalue weighted by molar-refractivity contribution is 5.98. The van der Waals surface area contributed by atoms with Crippen molar-refractivity contribution in [1.29, 1.82) is 0 Å². The van der Waals surface area contributed by atoms with Gasteiger partial charge >= 0.3 is 0 Å². The van der Waals surface area contributed by atoms with Crippen LogP contribution >= 0.6 is 0 Å². The largest absolute Gasteiger partial charge is 0.482 e. The van der Waals surface area contributed by atoms with Gasteiger partial charge in [-0.25, -0.2) is 0 Å². The topological polar surface area (TPSA) is 49.9 Å². The fraction of sp³-hybridized carbons (Fsp3) is 0.481. The molecule has 0 atom stereocenters. The van der Waals surface area contributed by atoms with E-state index in [0.717, 1.165) is 49.4 Å². The van der Waals surface area contributed by atoms with Gasteiger partial charge in [-0.3, -0.25) is 9.59 Å². The van der Waals surface area contributed by atoms with E-state index in [1.165, 1.54) is 5.56 Å². The lowest BCUT2D eigenvalue weighted by atomic mass is 9.82. The zero-order valence-corrected chi connectivity index (χ0v) is 19.7. The molecule has 32 heavy (non-hydrogen) atoms. The van der Waals surface area contributed by atoms with E-state index in [-0.39, 0.29) is 23.8 Å². The van der Waals surface area contributed by atoms with Crippen LogP contribution in [-0.2, 0) is 16.8 Å². The zero-order chi connectivity index (χ0) is 22.9. The van der Waals surface area contributed by atoms with E-state index < -0.39 is 0 Å². The average molecular weight is 435 g/mol. The van der Waals surface area contributed by atoms with E-state index in [1.54, 1.807) is 4.90 Å². The van der Waals surface area contributed by atoms with Crippen LogP contribution in [0.15, 0.2) is 42.5 Å². The molecule has 2 heterocycles. The maximum Gasteiger partial charge on any atom is 0.265 e. The van der Waals surface area contributed by atoms with Crippen molar-refractivity contribution >= 4 is 17.5 Å². The second-order valence-electron chi connectivity index (χ2n) is 9.86. The number of anilines is 1. The van der Waals surface area contributed by atoms with E-state index >= 15 is 0 Å². The Morgan fingerprint density at radius 2 is 1.88 bits per heavy atom. The molecule has 1 fully saturated rings. The second-order valence-corrected chi connectivity index (χ2v) is 9.86. The number of piperidine rings is 1. The number of hydrogen-bond donors (Lipinski definition) is 0. The molecule has 2 aromatic rings. The van der Waals surface area contributed by atoms with Crippen LogP contribution in [0, 0.1) is 5.92 Å². The Morgan fingerprint density at radius 3 is 2.59 bits per heavy atom. The SMILES string of the molecule is CCC(C)(C)c1ccc2c(c1)N(Cc1cccc(C(=O)N3CCC(C)CC3)c1)C(=O)CO2. The molecule has 2 amide bonds. The molecule has 0 N–H and O–H groups in total. The van der Waals surface area contributed by atoms with Gasteiger partial charge in [0.2, 0.25) is 0 Å². The molecule has 0 saturated carbocycles. The summed E-state index contributed by atoms with van der Waals surface area (Å²) in [6.45, 7) is 10.9. The van der Waals surface area contributed by atoms with Crippen LogP contribution in [0.1, 0.15) is 68.4 Å².